The lowest BCUT2D eigenvalue weighted by atomic mass is 9.91. The zero-order valence-corrected chi connectivity index (χ0v) is 17.5. The number of benzene rings is 3. The van der Waals surface area contributed by atoms with Crippen LogP contribution in [0.5, 0.6) is 0 Å². The lowest BCUT2D eigenvalue weighted by Gasteiger charge is -2.42. The Kier molecular flexibility index (Phi) is 5.00. The van der Waals surface area contributed by atoms with Gasteiger partial charge >= 0.3 is 0 Å². The smallest absolute Gasteiger partial charge is 0.261 e. The van der Waals surface area contributed by atoms with Gasteiger partial charge < -0.3 is 0 Å². The van der Waals surface area contributed by atoms with E-state index in [-0.39, 0.29) is 17.9 Å². The van der Waals surface area contributed by atoms with Crippen LogP contribution in [0.15, 0.2) is 96.1 Å². The van der Waals surface area contributed by atoms with Crippen LogP contribution in [0.1, 0.15) is 44.8 Å². The molecule has 0 atom stereocenters. The number of hydrogen-bond donors (Lipinski definition) is 0. The number of rotatable bonds is 5. The van der Waals surface area contributed by atoms with Gasteiger partial charge in [-0.25, -0.2) is 0 Å². The van der Waals surface area contributed by atoms with Crippen LogP contribution in [0.3, 0.4) is 0 Å². The number of fused-ring (bicyclic) bond motifs is 1. The summed E-state index contributed by atoms with van der Waals surface area (Å²) in [6.07, 6.45) is 0. The van der Waals surface area contributed by atoms with E-state index in [4.69, 9.17) is 0 Å². The van der Waals surface area contributed by atoms with Crippen molar-refractivity contribution in [3.63, 3.8) is 0 Å². The Hall–Kier alpha value is -3.50. The summed E-state index contributed by atoms with van der Waals surface area (Å²) in [5.74, 6) is -0.383. The van der Waals surface area contributed by atoms with Crippen LogP contribution >= 0.6 is 0 Å². The lowest BCUT2D eigenvalue weighted by molar-refractivity contribution is 0.0666. The molecule has 0 N–H and O–H groups in total. The highest BCUT2D eigenvalue weighted by molar-refractivity contribution is 6.21. The zero-order chi connectivity index (χ0) is 21.4. The summed E-state index contributed by atoms with van der Waals surface area (Å²) in [6, 6.07) is 28.3. The standard InChI is InChI=1S/C27H24N2O2/c1-19(16-29-26(30)23-14-8-9-15-24(23)27(29)31)22-17-28(18-22)25(20-10-4-2-5-11-20)21-12-6-3-7-13-21/h2-15,25H,16-18H2,1H3. The normalized spacial score (nSPS) is 15.9. The summed E-state index contributed by atoms with van der Waals surface area (Å²) < 4.78 is 0. The van der Waals surface area contributed by atoms with Gasteiger partial charge in [0.1, 0.15) is 0 Å². The minimum Gasteiger partial charge on any atom is -0.284 e. The highest BCUT2D eigenvalue weighted by atomic mass is 16.2. The van der Waals surface area contributed by atoms with Gasteiger partial charge in [0.25, 0.3) is 11.8 Å². The number of imide groups is 1. The molecule has 1 fully saturated rings. The van der Waals surface area contributed by atoms with Gasteiger partial charge in [-0.05, 0) is 35.8 Å². The van der Waals surface area contributed by atoms with Crippen LogP contribution in [-0.2, 0) is 0 Å². The summed E-state index contributed by atoms with van der Waals surface area (Å²) in [5, 5.41) is 0. The maximum absolute atomic E-state index is 12.7. The van der Waals surface area contributed by atoms with Crippen LogP contribution in [0, 0.1) is 0 Å². The van der Waals surface area contributed by atoms with E-state index in [0.717, 1.165) is 18.7 Å². The first-order chi connectivity index (χ1) is 15.1. The lowest BCUT2D eigenvalue weighted by Crippen LogP contribution is -2.44. The molecule has 0 radical (unpaired) electrons. The first kappa shape index (κ1) is 19.5. The van der Waals surface area contributed by atoms with Crippen LogP contribution in [0.25, 0.3) is 0 Å². The minimum absolute atomic E-state index is 0.192. The van der Waals surface area contributed by atoms with E-state index in [1.165, 1.54) is 21.6 Å². The molecule has 4 heteroatoms. The van der Waals surface area contributed by atoms with Crippen molar-refractivity contribution in [2.24, 2.45) is 0 Å². The first-order valence-electron chi connectivity index (χ1n) is 10.6. The van der Waals surface area contributed by atoms with Gasteiger partial charge in [0.15, 0.2) is 0 Å². The summed E-state index contributed by atoms with van der Waals surface area (Å²) in [6.45, 7) is 4.07. The van der Waals surface area contributed by atoms with Crippen molar-refractivity contribution in [3.05, 3.63) is 118 Å². The summed E-state index contributed by atoms with van der Waals surface area (Å²) >= 11 is 0. The number of amides is 2. The predicted molar refractivity (Wildman–Crippen MR) is 121 cm³/mol. The molecular weight excluding hydrogens is 384 g/mol. The second kappa shape index (κ2) is 7.97. The molecule has 1 saturated heterocycles. The molecule has 2 aliphatic rings. The predicted octanol–water partition coefficient (Wildman–Crippen LogP) is 4.70. The van der Waals surface area contributed by atoms with E-state index in [0.29, 0.717) is 17.7 Å². The van der Waals surface area contributed by atoms with Crippen LogP contribution in [0.4, 0.5) is 0 Å². The van der Waals surface area contributed by atoms with Gasteiger partial charge in [-0.3, -0.25) is 19.4 Å². The third kappa shape index (κ3) is 3.49. The second-order valence-corrected chi connectivity index (χ2v) is 8.25. The molecule has 3 aromatic rings. The summed E-state index contributed by atoms with van der Waals surface area (Å²) in [7, 11) is 0. The molecule has 0 unspecified atom stereocenters. The number of carbonyl (C=O) groups is 2. The Bertz CT molecular complexity index is 1090. The van der Waals surface area contributed by atoms with E-state index in [9.17, 15) is 9.59 Å². The van der Waals surface area contributed by atoms with Gasteiger partial charge in [-0.1, -0.05) is 78.4 Å². The molecule has 2 heterocycles. The quantitative estimate of drug-likeness (QED) is 0.454. The Morgan fingerprint density at radius 3 is 1.68 bits per heavy atom. The largest absolute Gasteiger partial charge is 0.284 e. The molecule has 2 aliphatic heterocycles. The van der Waals surface area contributed by atoms with Crippen molar-refractivity contribution in [3.8, 4) is 0 Å². The second-order valence-electron chi connectivity index (χ2n) is 8.25. The number of nitrogens with zero attached hydrogens (tertiary/aromatic N) is 2. The molecule has 0 aliphatic carbocycles. The molecule has 4 nitrogen and oxygen atoms in total. The molecule has 2 amide bonds. The molecular formula is C27H24N2O2. The highest BCUT2D eigenvalue weighted by Crippen LogP contribution is 2.35. The van der Waals surface area contributed by atoms with E-state index in [1.807, 2.05) is 19.1 Å². The van der Waals surface area contributed by atoms with E-state index in [2.05, 4.69) is 53.4 Å². The fraction of sp³-hybridized carbons (Fsp3) is 0.185. The Balaban J connectivity index is 1.34. The van der Waals surface area contributed by atoms with Crippen molar-refractivity contribution in [2.75, 3.05) is 19.6 Å². The van der Waals surface area contributed by atoms with Crippen molar-refractivity contribution < 1.29 is 9.59 Å². The molecule has 0 spiro atoms. The number of likely N-dealkylation sites (tertiary alicyclic amines) is 1. The van der Waals surface area contributed by atoms with Gasteiger partial charge in [0.05, 0.1) is 23.7 Å². The maximum Gasteiger partial charge on any atom is 0.261 e. The van der Waals surface area contributed by atoms with E-state index >= 15 is 0 Å². The zero-order valence-electron chi connectivity index (χ0n) is 17.5. The summed E-state index contributed by atoms with van der Waals surface area (Å²) in [5.41, 5.74) is 5.96. The number of carbonyl (C=O) groups excluding carboxylic acids is 2. The third-order valence-electron chi connectivity index (χ3n) is 6.26. The molecule has 31 heavy (non-hydrogen) atoms. The minimum atomic E-state index is -0.192. The average Bonchev–Trinajstić information content (AvgIpc) is 3.02. The highest BCUT2D eigenvalue weighted by Gasteiger charge is 2.36. The van der Waals surface area contributed by atoms with Crippen molar-refractivity contribution >= 4 is 11.8 Å². The SMILES string of the molecule is CC(CN1C(=O)c2ccccc2C1=O)=C1CN(C(c2ccccc2)c2ccccc2)C1. The van der Waals surface area contributed by atoms with E-state index < -0.39 is 0 Å². The van der Waals surface area contributed by atoms with Gasteiger partial charge in [0, 0.05) is 13.1 Å². The van der Waals surface area contributed by atoms with Crippen molar-refractivity contribution in [1.29, 1.82) is 0 Å². The Labute approximate surface area is 182 Å². The average molecular weight is 409 g/mol. The van der Waals surface area contributed by atoms with Crippen molar-refractivity contribution in [2.45, 2.75) is 13.0 Å². The molecule has 0 saturated carbocycles. The topological polar surface area (TPSA) is 40.6 Å². The van der Waals surface area contributed by atoms with Crippen LogP contribution in [-0.4, -0.2) is 41.2 Å². The molecule has 0 bridgehead atoms. The van der Waals surface area contributed by atoms with Gasteiger partial charge in [0.2, 0.25) is 0 Å². The van der Waals surface area contributed by atoms with Crippen LogP contribution in [0.2, 0.25) is 0 Å². The first-order valence-corrected chi connectivity index (χ1v) is 10.6. The fourth-order valence-electron chi connectivity index (χ4n) is 4.51. The van der Waals surface area contributed by atoms with Crippen LogP contribution < -0.4 is 0 Å². The monoisotopic (exact) mass is 408 g/mol. The number of hydrogen-bond acceptors (Lipinski definition) is 3. The maximum atomic E-state index is 12.7. The Morgan fingerprint density at radius 1 is 0.742 bits per heavy atom. The van der Waals surface area contributed by atoms with Gasteiger partial charge in [-0.15, -0.1) is 0 Å². The summed E-state index contributed by atoms with van der Waals surface area (Å²) in [4.78, 5) is 29.2. The molecule has 3 aromatic carbocycles. The van der Waals surface area contributed by atoms with Crippen molar-refractivity contribution in [1.82, 2.24) is 9.80 Å². The third-order valence-corrected chi connectivity index (χ3v) is 6.26. The Morgan fingerprint density at radius 2 is 1.19 bits per heavy atom. The molecule has 5 rings (SSSR count). The van der Waals surface area contributed by atoms with Gasteiger partial charge in [-0.2, -0.15) is 0 Å². The fourth-order valence-corrected chi connectivity index (χ4v) is 4.51. The molecule has 154 valence electrons. The molecule has 0 aromatic heterocycles. The van der Waals surface area contributed by atoms with E-state index in [1.54, 1.807) is 24.3 Å².